The lowest BCUT2D eigenvalue weighted by atomic mass is 9.92. The first-order valence-corrected chi connectivity index (χ1v) is 10.9. The van der Waals surface area contributed by atoms with E-state index >= 15 is 0 Å². The van der Waals surface area contributed by atoms with Gasteiger partial charge in [-0.05, 0) is 73.4 Å². The second-order valence-corrected chi connectivity index (χ2v) is 8.05. The third-order valence-electron chi connectivity index (χ3n) is 5.87. The number of carbonyl (C=O) groups excluding carboxylic acids is 2. The van der Waals surface area contributed by atoms with Crippen molar-refractivity contribution in [2.24, 2.45) is 0 Å². The minimum Gasteiger partial charge on any atom is -0.507 e. The van der Waals surface area contributed by atoms with Gasteiger partial charge >= 0.3 is 0 Å². The lowest BCUT2D eigenvalue weighted by Crippen LogP contribution is -2.29. The Morgan fingerprint density at radius 3 is 2.42 bits per heavy atom. The molecule has 1 saturated heterocycles. The topological polar surface area (TPSA) is 79.7 Å². The highest BCUT2D eigenvalue weighted by atomic mass is 16.5. The maximum absolute atomic E-state index is 13.2. The number of aliphatic hydroxyl groups is 1. The predicted octanol–water partition coefficient (Wildman–Crippen LogP) is 4.72. The van der Waals surface area contributed by atoms with Crippen LogP contribution in [0.25, 0.3) is 5.76 Å². The van der Waals surface area contributed by atoms with E-state index in [4.69, 9.17) is 4.74 Å². The summed E-state index contributed by atoms with van der Waals surface area (Å²) >= 11 is 0. The van der Waals surface area contributed by atoms with Crippen LogP contribution in [0.4, 0.5) is 0 Å². The van der Waals surface area contributed by atoms with Crippen molar-refractivity contribution in [3.8, 4) is 5.75 Å². The number of aliphatic hydroxyl groups excluding tert-OH is 1. The van der Waals surface area contributed by atoms with E-state index in [0.717, 1.165) is 22.3 Å². The van der Waals surface area contributed by atoms with Gasteiger partial charge in [0.15, 0.2) is 0 Å². The van der Waals surface area contributed by atoms with E-state index in [9.17, 15) is 14.7 Å². The molecule has 2 aromatic carbocycles. The molecule has 0 bridgehead atoms. The minimum absolute atomic E-state index is 0.0897. The third kappa shape index (κ3) is 4.24. The first-order valence-electron chi connectivity index (χ1n) is 10.9. The van der Waals surface area contributed by atoms with Gasteiger partial charge in [-0.3, -0.25) is 14.6 Å². The standard InChI is InChI=1S/C27H26N2O4/c1-4-33-22-10-9-20(15-18(22)3)25(30)23-24(21-8-6-5-7-17(21)2)29(27(32)26(23)31)16-19-11-13-28-14-12-19/h5-15,24,30H,4,16H2,1-3H3/b25-23+. The zero-order valence-corrected chi connectivity index (χ0v) is 18.9. The number of amides is 1. The highest BCUT2D eigenvalue weighted by Gasteiger charge is 2.46. The number of carbonyl (C=O) groups is 2. The molecule has 0 spiro atoms. The van der Waals surface area contributed by atoms with E-state index in [1.807, 2.05) is 57.2 Å². The van der Waals surface area contributed by atoms with Crippen LogP contribution in [0.3, 0.4) is 0 Å². The molecule has 1 N–H and O–H groups in total. The van der Waals surface area contributed by atoms with Gasteiger partial charge in [0.1, 0.15) is 11.5 Å². The van der Waals surface area contributed by atoms with Crippen molar-refractivity contribution < 1.29 is 19.4 Å². The number of hydrogen-bond donors (Lipinski definition) is 1. The summed E-state index contributed by atoms with van der Waals surface area (Å²) in [6.07, 6.45) is 3.30. The number of pyridine rings is 1. The van der Waals surface area contributed by atoms with Crippen LogP contribution in [0.5, 0.6) is 5.75 Å². The molecular formula is C27H26N2O4. The Labute approximate surface area is 193 Å². The smallest absolute Gasteiger partial charge is 0.295 e. The van der Waals surface area contributed by atoms with Crippen LogP contribution in [-0.4, -0.2) is 33.3 Å². The van der Waals surface area contributed by atoms with Crippen LogP contribution >= 0.6 is 0 Å². The number of hydrogen-bond acceptors (Lipinski definition) is 5. The molecular weight excluding hydrogens is 416 g/mol. The zero-order chi connectivity index (χ0) is 23.5. The fourth-order valence-corrected chi connectivity index (χ4v) is 4.21. The van der Waals surface area contributed by atoms with Crippen molar-refractivity contribution >= 4 is 17.4 Å². The van der Waals surface area contributed by atoms with E-state index in [2.05, 4.69) is 4.98 Å². The van der Waals surface area contributed by atoms with Crippen LogP contribution in [0.1, 0.15) is 40.8 Å². The molecule has 0 radical (unpaired) electrons. The number of benzene rings is 2. The lowest BCUT2D eigenvalue weighted by molar-refractivity contribution is -0.140. The molecule has 1 aromatic heterocycles. The molecule has 4 rings (SSSR count). The van der Waals surface area contributed by atoms with Gasteiger partial charge < -0.3 is 14.7 Å². The molecule has 3 aromatic rings. The predicted molar refractivity (Wildman–Crippen MR) is 126 cm³/mol. The Morgan fingerprint density at radius 1 is 1.03 bits per heavy atom. The molecule has 33 heavy (non-hydrogen) atoms. The monoisotopic (exact) mass is 442 g/mol. The molecule has 0 saturated carbocycles. The van der Waals surface area contributed by atoms with Gasteiger partial charge in [0, 0.05) is 24.5 Å². The summed E-state index contributed by atoms with van der Waals surface area (Å²) in [6.45, 7) is 6.47. The van der Waals surface area contributed by atoms with E-state index < -0.39 is 17.7 Å². The summed E-state index contributed by atoms with van der Waals surface area (Å²) in [5.74, 6) is -0.807. The Bertz CT molecular complexity index is 1230. The van der Waals surface area contributed by atoms with Crippen molar-refractivity contribution in [1.82, 2.24) is 9.88 Å². The van der Waals surface area contributed by atoms with Gasteiger partial charge in [-0.1, -0.05) is 24.3 Å². The second kappa shape index (κ2) is 9.28. The summed E-state index contributed by atoms with van der Waals surface area (Å²) < 4.78 is 5.59. The number of Topliss-reactive ketones (excluding diaryl/α,β-unsaturated/α-hetero) is 1. The van der Waals surface area contributed by atoms with Crippen LogP contribution in [0.2, 0.25) is 0 Å². The van der Waals surface area contributed by atoms with Crippen LogP contribution in [0.15, 0.2) is 72.6 Å². The fraction of sp³-hybridized carbons (Fsp3) is 0.222. The Hall–Kier alpha value is -3.93. The largest absolute Gasteiger partial charge is 0.507 e. The van der Waals surface area contributed by atoms with Gasteiger partial charge in [-0.25, -0.2) is 0 Å². The summed E-state index contributed by atoms with van der Waals surface area (Å²) in [7, 11) is 0. The average molecular weight is 443 g/mol. The number of ether oxygens (including phenoxy) is 1. The Kier molecular flexibility index (Phi) is 6.27. The summed E-state index contributed by atoms with van der Waals surface area (Å²) in [5, 5.41) is 11.3. The normalized spacial score (nSPS) is 17.4. The maximum atomic E-state index is 13.2. The summed E-state index contributed by atoms with van der Waals surface area (Å²) in [6, 6.07) is 15.8. The third-order valence-corrected chi connectivity index (χ3v) is 5.87. The van der Waals surface area contributed by atoms with Gasteiger partial charge in [0.2, 0.25) is 0 Å². The number of aromatic nitrogens is 1. The van der Waals surface area contributed by atoms with E-state index in [-0.39, 0.29) is 17.9 Å². The molecule has 1 aliphatic rings. The van der Waals surface area contributed by atoms with Crippen LogP contribution in [0, 0.1) is 13.8 Å². The molecule has 2 heterocycles. The van der Waals surface area contributed by atoms with E-state index in [1.165, 1.54) is 4.90 Å². The van der Waals surface area contributed by atoms with Crippen LogP contribution in [-0.2, 0) is 16.1 Å². The molecule has 0 aliphatic carbocycles. The number of rotatable bonds is 6. The zero-order valence-electron chi connectivity index (χ0n) is 18.9. The molecule has 1 aliphatic heterocycles. The van der Waals surface area contributed by atoms with Crippen molar-refractivity contribution in [2.75, 3.05) is 6.61 Å². The summed E-state index contributed by atoms with van der Waals surface area (Å²) in [4.78, 5) is 31.9. The highest BCUT2D eigenvalue weighted by Crippen LogP contribution is 2.41. The molecule has 168 valence electrons. The lowest BCUT2D eigenvalue weighted by Gasteiger charge is -2.26. The quantitative estimate of drug-likeness (QED) is 0.339. The molecule has 1 fully saturated rings. The molecule has 6 nitrogen and oxygen atoms in total. The molecule has 6 heteroatoms. The van der Waals surface area contributed by atoms with Gasteiger partial charge in [-0.15, -0.1) is 0 Å². The van der Waals surface area contributed by atoms with E-state index in [1.54, 1.807) is 30.6 Å². The Balaban J connectivity index is 1.86. The van der Waals surface area contributed by atoms with Crippen molar-refractivity contribution in [2.45, 2.75) is 33.4 Å². The second-order valence-electron chi connectivity index (χ2n) is 8.05. The van der Waals surface area contributed by atoms with Crippen molar-refractivity contribution in [3.63, 3.8) is 0 Å². The van der Waals surface area contributed by atoms with Gasteiger partial charge in [0.25, 0.3) is 11.7 Å². The average Bonchev–Trinajstić information content (AvgIpc) is 3.06. The van der Waals surface area contributed by atoms with Crippen LogP contribution < -0.4 is 4.74 Å². The molecule has 1 atom stereocenters. The Morgan fingerprint density at radius 2 is 1.76 bits per heavy atom. The number of likely N-dealkylation sites (tertiary alicyclic amines) is 1. The highest BCUT2D eigenvalue weighted by molar-refractivity contribution is 6.46. The van der Waals surface area contributed by atoms with Crippen molar-refractivity contribution in [1.29, 1.82) is 0 Å². The SMILES string of the molecule is CCOc1ccc(/C(O)=C2\C(=O)C(=O)N(Cc3ccncc3)C2c2ccccc2C)cc1C. The maximum Gasteiger partial charge on any atom is 0.295 e. The number of nitrogens with zero attached hydrogens (tertiary/aromatic N) is 2. The number of ketones is 1. The fourth-order valence-electron chi connectivity index (χ4n) is 4.21. The summed E-state index contributed by atoms with van der Waals surface area (Å²) in [5.41, 5.74) is 3.97. The first kappa shape index (κ1) is 22.3. The minimum atomic E-state index is -0.703. The van der Waals surface area contributed by atoms with E-state index in [0.29, 0.717) is 17.9 Å². The van der Waals surface area contributed by atoms with Gasteiger partial charge in [0.05, 0.1) is 18.2 Å². The van der Waals surface area contributed by atoms with Gasteiger partial charge in [-0.2, -0.15) is 0 Å². The first-order chi connectivity index (χ1) is 15.9. The molecule has 1 amide bonds. The number of aryl methyl sites for hydroxylation is 2. The van der Waals surface area contributed by atoms with Crippen molar-refractivity contribution in [3.05, 3.63) is 100 Å². The molecule has 1 unspecified atom stereocenters.